The number of aromatic hydroxyl groups is 1. The first-order chi connectivity index (χ1) is 12.0. The monoisotopic (exact) mass is 336 g/mol. The Hall–Kier alpha value is -2.86. The molecule has 0 spiro atoms. The van der Waals surface area contributed by atoms with Gasteiger partial charge in [-0.05, 0) is 44.4 Å². The summed E-state index contributed by atoms with van der Waals surface area (Å²) in [6, 6.07) is 8.79. The van der Waals surface area contributed by atoms with E-state index in [-0.39, 0.29) is 11.2 Å². The molecule has 0 saturated heterocycles. The number of phenols is 1. The van der Waals surface area contributed by atoms with E-state index < -0.39 is 0 Å². The van der Waals surface area contributed by atoms with Gasteiger partial charge in [0, 0.05) is 20.1 Å². The first-order valence-electron chi connectivity index (χ1n) is 8.21. The van der Waals surface area contributed by atoms with E-state index in [1.807, 2.05) is 37.7 Å². The van der Waals surface area contributed by atoms with Crippen LogP contribution in [0, 0.1) is 0 Å². The highest BCUT2D eigenvalue weighted by atomic mass is 16.3. The van der Waals surface area contributed by atoms with Gasteiger partial charge >= 0.3 is 0 Å². The predicted octanol–water partition coefficient (Wildman–Crippen LogP) is 2.14. The van der Waals surface area contributed by atoms with Gasteiger partial charge in [-0.15, -0.1) is 0 Å². The normalized spacial score (nSPS) is 12.0. The van der Waals surface area contributed by atoms with Crippen molar-refractivity contribution in [2.45, 2.75) is 0 Å². The topological polar surface area (TPSA) is 61.1 Å². The molecule has 0 saturated carbocycles. The Morgan fingerprint density at radius 1 is 1.12 bits per heavy atom. The molecule has 2 aromatic heterocycles. The molecule has 0 aliphatic carbocycles. The molecular weight excluding hydrogens is 316 g/mol. The van der Waals surface area contributed by atoms with E-state index in [0.717, 1.165) is 35.3 Å². The van der Waals surface area contributed by atoms with Gasteiger partial charge in [0.25, 0.3) is 0 Å². The minimum atomic E-state index is -0.0730. The molecule has 6 heteroatoms. The summed E-state index contributed by atoms with van der Waals surface area (Å²) >= 11 is 0. The number of likely N-dealkylation sites (N-methyl/N-ethyl adjacent to an activating group) is 2. The van der Waals surface area contributed by atoms with E-state index in [2.05, 4.69) is 14.8 Å². The SMILES string of the molecule is CN(C)CCN(C)c1ccc2ncn3c4ccc(O)cc4c(=O)c1c23. The van der Waals surface area contributed by atoms with Crippen molar-refractivity contribution in [1.29, 1.82) is 0 Å². The van der Waals surface area contributed by atoms with Gasteiger partial charge in [0.2, 0.25) is 0 Å². The van der Waals surface area contributed by atoms with Gasteiger partial charge in [0.05, 0.1) is 33.0 Å². The highest BCUT2D eigenvalue weighted by Gasteiger charge is 2.18. The Morgan fingerprint density at radius 2 is 1.92 bits per heavy atom. The number of pyridine rings is 1. The van der Waals surface area contributed by atoms with Crippen LogP contribution in [0.3, 0.4) is 0 Å². The van der Waals surface area contributed by atoms with Crippen molar-refractivity contribution in [1.82, 2.24) is 14.3 Å². The summed E-state index contributed by atoms with van der Waals surface area (Å²) in [5.41, 5.74) is 3.20. The zero-order chi connectivity index (χ0) is 17.7. The van der Waals surface area contributed by atoms with E-state index in [1.165, 1.54) is 6.07 Å². The predicted molar refractivity (Wildman–Crippen MR) is 101 cm³/mol. The van der Waals surface area contributed by atoms with Crippen LogP contribution in [0.15, 0.2) is 41.5 Å². The van der Waals surface area contributed by atoms with Gasteiger partial charge < -0.3 is 14.9 Å². The molecule has 2 heterocycles. The van der Waals surface area contributed by atoms with Gasteiger partial charge in [-0.25, -0.2) is 4.98 Å². The van der Waals surface area contributed by atoms with Crippen molar-refractivity contribution in [3.63, 3.8) is 0 Å². The average molecular weight is 336 g/mol. The molecule has 0 bridgehead atoms. The van der Waals surface area contributed by atoms with Crippen molar-refractivity contribution in [2.24, 2.45) is 0 Å². The molecule has 0 unspecified atom stereocenters. The third kappa shape index (κ3) is 2.37. The molecule has 0 aliphatic rings. The molecule has 4 aromatic rings. The number of benzene rings is 2. The van der Waals surface area contributed by atoms with Gasteiger partial charge in [-0.1, -0.05) is 0 Å². The fourth-order valence-corrected chi connectivity index (χ4v) is 3.34. The van der Waals surface area contributed by atoms with Crippen LogP contribution >= 0.6 is 0 Å². The number of fused-ring (bicyclic) bond motifs is 2. The van der Waals surface area contributed by atoms with E-state index >= 15 is 0 Å². The highest BCUT2D eigenvalue weighted by molar-refractivity contribution is 6.07. The van der Waals surface area contributed by atoms with E-state index in [1.54, 1.807) is 18.5 Å². The molecule has 6 nitrogen and oxygen atoms in total. The second-order valence-corrected chi connectivity index (χ2v) is 6.70. The Kier molecular flexibility index (Phi) is 3.51. The Morgan fingerprint density at radius 3 is 2.68 bits per heavy atom. The molecular formula is C19H20N4O2. The van der Waals surface area contributed by atoms with E-state index in [4.69, 9.17) is 0 Å². The Labute approximate surface area is 144 Å². The number of hydrogen-bond donors (Lipinski definition) is 1. The number of imidazole rings is 1. The number of rotatable bonds is 4. The van der Waals surface area contributed by atoms with Gasteiger partial charge in [0.1, 0.15) is 12.1 Å². The average Bonchev–Trinajstić information content (AvgIpc) is 3.01. The third-order valence-electron chi connectivity index (χ3n) is 4.69. The summed E-state index contributed by atoms with van der Waals surface area (Å²) in [5, 5.41) is 11.0. The molecule has 1 N–H and O–H groups in total. The molecule has 128 valence electrons. The molecule has 0 atom stereocenters. The maximum absolute atomic E-state index is 13.2. The third-order valence-corrected chi connectivity index (χ3v) is 4.69. The maximum atomic E-state index is 13.2. The smallest absolute Gasteiger partial charge is 0.199 e. The zero-order valence-electron chi connectivity index (χ0n) is 14.5. The van der Waals surface area contributed by atoms with Crippen molar-refractivity contribution in [2.75, 3.05) is 39.1 Å². The van der Waals surface area contributed by atoms with E-state index in [9.17, 15) is 9.90 Å². The first-order valence-corrected chi connectivity index (χ1v) is 8.21. The summed E-state index contributed by atoms with van der Waals surface area (Å²) in [6.07, 6.45) is 1.74. The van der Waals surface area contributed by atoms with Crippen molar-refractivity contribution in [3.8, 4) is 5.75 Å². The quantitative estimate of drug-likeness (QED) is 0.579. The zero-order valence-corrected chi connectivity index (χ0v) is 14.5. The van der Waals surface area contributed by atoms with Crippen molar-refractivity contribution < 1.29 is 5.11 Å². The second-order valence-electron chi connectivity index (χ2n) is 6.70. The fourth-order valence-electron chi connectivity index (χ4n) is 3.34. The lowest BCUT2D eigenvalue weighted by molar-refractivity contribution is 0.416. The van der Waals surface area contributed by atoms with Gasteiger partial charge in [-0.3, -0.25) is 9.20 Å². The number of anilines is 1. The molecule has 25 heavy (non-hydrogen) atoms. The Balaban J connectivity index is 2.06. The summed E-state index contributed by atoms with van der Waals surface area (Å²) in [4.78, 5) is 21.9. The van der Waals surface area contributed by atoms with Crippen LogP contribution in [0.2, 0.25) is 0 Å². The van der Waals surface area contributed by atoms with Crippen LogP contribution in [0.1, 0.15) is 0 Å². The van der Waals surface area contributed by atoms with Crippen LogP contribution in [-0.4, -0.2) is 53.6 Å². The summed E-state index contributed by atoms with van der Waals surface area (Å²) in [5.74, 6) is 0.0883. The van der Waals surface area contributed by atoms with Crippen LogP contribution in [0.5, 0.6) is 5.75 Å². The summed E-state index contributed by atoms with van der Waals surface area (Å²) < 4.78 is 1.93. The van der Waals surface area contributed by atoms with Gasteiger partial charge in [0.15, 0.2) is 5.43 Å². The maximum Gasteiger partial charge on any atom is 0.199 e. The fraction of sp³-hybridized carbons (Fsp3) is 0.263. The lowest BCUT2D eigenvalue weighted by Crippen LogP contribution is -2.29. The van der Waals surface area contributed by atoms with Crippen LogP contribution in [0.25, 0.3) is 27.3 Å². The highest BCUT2D eigenvalue weighted by Crippen LogP contribution is 2.31. The minimum absolute atomic E-state index is 0.0730. The standard InChI is InChI=1S/C19H20N4O2/c1-21(2)8-9-22(3)16-7-5-14-18-17(16)19(25)13-10-12(24)4-6-15(13)23(18)11-20-14/h4-7,10-11,24H,8-9H2,1-3H3. The molecule has 0 amide bonds. The lowest BCUT2D eigenvalue weighted by atomic mass is 10.1. The molecule has 0 aliphatic heterocycles. The van der Waals surface area contributed by atoms with Crippen LogP contribution in [0.4, 0.5) is 5.69 Å². The van der Waals surface area contributed by atoms with Gasteiger partial charge in [-0.2, -0.15) is 0 Å². The number of hydrogen-bond acceptors (Lipinski definition) is 5. The Bertz CT molecular complexity index is 1130. The largest absolute Gasteiger partial charge is 0.508 e. The number of phenolic OH excluding ortho intramolecular Hbond substituents is 1. The summed E-state index contributed by atoms with van der Waals surface area (Å²) in [7, 11) is 6.05. The molecule has 0 fully saturated rings. The molecule has 2 aromatic carbocycles. The van der Waals surface area contributed by atoms with Crippen LogP contribution in [-0.2, 0) is 0 Å². The first kappa shape index (κ1) is 15.7. The number of aromatic nitrogens is 2. The van der Waals surface area contributed by atoms with Crippen molar-refractivity contribution in [3.05, 3.63) is 46.9 Å². The second kappa shape index (κ2) is 5.60. The van der Waals surface area contributed by atoms with Crippen LogP contribution < -0.4 is 10.3 Å². The summed E-state index contributed by atoms with van der Waals surface area (Å²) in [6.45, 7) is 1.69. The van der Waals surface area contributed by atoms with Crippen molar-refractivity contribution >= 4 is 33.0 Å². The lowest BCUT2D eigenvalue weighted by Gasteiger charge is -2.23. The van der Waals surface area contributed by atoms with E-state index in [0.29, 0.717) is 10.8 Å². The minimum Gasteiger partial charge on any atom is -0.508 e. The molecule has 0 radical (unpaired) electrons. The molecule has 4 rings (SSSR count). The number of nitrogens with zero attached hydrogens (tertiary/aromatic N) is 4.